The van der Waals surface area contributed by atoms with E-state index >= 15 is 0 Å². The normalized spacial score (nSPS) is 20.8. The predicted octanol–water partition coefficient (Wildman–Crippen LogP) is 3.21. The molecule has 16 nitrogen and oxygen atoms in total. The summed E-state index contributed by atoms with van der Waals surface area (Å²) in [6, 6.07) is 20.9. The van der Waals surface area contributed by atoms with Crippen molar-refractivity contribution in [2.24, 2.45) is 0 Å². The number of carbonyl (C=O) groups is 4. The fraction of sp³-hybridized carbons (Fsp3) is 0.372. The Balaban J connectivity index is 0.738. The SMILES string of the molecule is O=C(CN1CCN(c2cccc(-c3cnc4ccc(N5CCC[C@@H]5c5cccc(F)c5)nn34)n2)CC1)NCCCNc1ccc2c(c1)C(=O)N(C1CCC(=O)NC1O)C2=O. The third-order valence-corrected chi connectivity index (χ3v) is 11.8. The molecule has 0 radical (unpaired) electrons. The number of nitrogens with zero attached hydrogens (tertiary/aromatic N) is 8. The number of hydrogen-bond acceptors (Lipinski definition) is 12. The lowest BCUT2D eigenvalue weighted by Gasteiger charge is -2.35. The maximum absolute atomic E-state index is 14.1. The third kappa shape index (κ3) is 7.85. The monoisotopic (exact) mass is 815 g/mol. The van der Waals surface area contributed by atoms with Crippen LogP contribution in [0.2, 0.25) is 0 Å². The summed E-state index contributed by atoms with van der Waals surface area (Å²) >= 11 is 0. The minimum atomic E-state index is -1.30. The van der Waals surface area contributed by atoms with E-state index in [1.165, 1.54) is 6.07 Å². The van der Waals surface area contributed by atoms with Gasteiger partial charge in [-0.1, -0.05) is 18.2 Å². The van der Waals surface area contributed by atoms with E-state index in [0.717, 1.165) is 52.9 Å². The number of benzene rings is 2. The highest BCUT2D eigenvalue weighted by Crippen LogP contribution is 2.36. The highest BCUT2D eigenvalue weighted by atomic mass is 19.1. The summed E-state index contributed by atoms with van der Waals surface area (Å²) in [5.74, 6) is 0.0544. The molecule has 7 heterocycles. The third-order valence-electron chi connectivity index (χ3n) is 11.8. The number of aliphatic hydroxyl groups excluding tert-OH is 1. The van der Waals surface area contributed by atoms with Crippen molar-refractivity contribution in [2.45, 2.75) is 50.4 Å². The number of imidazole rings is 1. The van der Waals surface area contributed by atoms with E-state index in [0.29, 0.717) is 63.6 Å². The van der Waals surface area contributed by atoms with Crippen LogP contribution in [-0.2, 0) is 9.59 Å². The number of amides is 4. The highest BCUT2D eigenvalue weighted by Gasteiger charge is 2.44. The van der Waals surface area contributed by atoms with Crippen LogP contribution in [0.4, 0.5) is 21.7 Å². The van der Waals surface area contributed by atoms with Crippen molar-refractivity contribution in [1.82, 2.24) is 40.0 Å². The lowest BCUT2D eigenvalue weighted by atomic mass is 10.0. The minimum Gasteiger partial charge on any atom is -0.385 e. The van der Waals surface area contributed by atoms with Crippen molar-refractivity contribution in [3.63, 3.8) is 0 Å². The summed E-state index contributed by atoms with van der Waals surface area (Å²) in [6.07, 6.45) is 3.37. The van der Waals surface area contributed by atoms with Crippen molar-refractivity contribution < 1.29 is 28.7 Å². The first-order chi connectivity index (χ1) is 29.2. The number of aromatic nitrogens is 4. The van der Waals surface area contributed by atoms with Gasteiger partial charge in [0, 0.05) is 57.9 Å². The maximum atomic E-state index is 14.1. The molecular weight excluding hydrogens is 770 g/mol. The molecule has 3 aromatic heterocycles. The van der Waals surface area contributed by atoms with Crippen molar-refractivity contribution in [1.29, 1.82) is 0 Å². The summed E-state index contributed by atoms with van der Waals surface area (Å²) in [4.78, 5) is 67.9. The van der Waals surface area contributed by atoms with Crippen molar-refractivity contribution >= 4 is 46.6 Å². The van der Waals surface area contributed by atoms with Crippen LogP contribution in [-0.4, -0.2) is 123 Å². The molecule has 0 spiro atoms. The molecular formula is C43H46FN11O5. The largest absolute Gasteiger partial charge is 0.385 e. The summed E-state index contributed by atoms with van der Waals surface area (Å²) in [5, 5.41) is 24.0. The molecule has 4 aliphatic heterocycles. The first-order valence-electron chi connectivity index (χ1n) is 20.5. The zero-order valence-electron chi connectivity index (χ0n) is 33.0. The Morgan fingerprint density at radius 3 is 2.55 bits per heavy atom. The van der Waals surface area contributed by atoms with E-state index in [2.05, 4.69) is 35.6 Å². The van der Waals surface area contributed by atoms with Crippen LogP contribution in [0.25, 0.3) is 17.0 Å². The van der Waals surface area contributed by atoms with Gasteiger partial charge in [-0.3, -0.25) is 29.0 Å². The molecule has 0 saturated carbocycles. The molecule has 0 bridgehead atoms. The second kappa shape index (κ2) is 16.7. The molecule has 3 saturated heterocycles. The number of pyridine rings is 1. The highest BCUT2D eigenvalue weighted by molar-refractivity contribution is 6.22. The molecule has 0 aliphatic carbocycles. The van der Waals surface area contributed by atoms with Crippen LogP contribution in [0.15, 0.2) is 79.0 Å². The Kier molecular flexibility index (Phi) is 10.8. The molecule has 3 atom stereocenters. The molecule has 17 heteroatoms. The van der Waals surface area contributed by atoms with Crippen LogP contribution < -0.4 is 25.8 Å². The maximum Gasteiger partial charge on any atom is 0.262 e. The lowest BCUT2D eigenvalue weighted by molar-refractivity contribution is -0.129. The Morgan fingerprint density at radius 2 is 1.72 bits per heavy atom. The molecule has 4 amide bonds. The van der Waals surface area contributed by atoms with Crippen LogP contribution in [0.1, 0.15) is 64.4 Å². The number of rotatable bonds is 12. The standard InChI is InChI=1S/C43H46FN11O5/c44-28-6-1-5-27(23-28)33-8-3-18-53(33)38-14-13-36-47-25-35(55(36)50-38)32-7-2-9-37(48-32)52-21-19-51(20-22-52)26-40(57)46-17-4-16-45-29-10-11-30-31(24-29)43(60)54(42(30)59)34-12-15-39(56)49-41(34)58/h1-2,5-7,9-11,13-14,23-25,33-34,41,45,58H,3-4,8,12,15-22,26H2,(H,46,57)(H,49,56)/t33-,34?,41?/m1/s1. The van der Waals surface area contributed by atoms with Crippen LogP contribution in [0.5, 0.6) is 0 Å². The fourth-order valence-corrected chi connectivity index (χ4v) is 8.69. The van der Waals surface area contributed by atoms with Crippen molar-refractivity contribution in [2.75, 3.05) is 67.5 Å². The average Bonchev–Trinajstić information content (AvgIpc) is 3.98. The zero-order valence-corrected chi connectivity index (χ0v) is 33.0. The molecule has 60 heavy (non-hydrogen) atoms. The van der Waals surface area contributed by atoms with Gasteiger partial charge in [0.1, 0.15) is 29.4 Å². The van der Waals surface area contributed by atoms with Crippen molar-refractivity contribution in [3.8, 4) is 11.4 Å². The van der Waals surface area contributed by atoms with Crippen molar-refractivity contribution in [3.05, 3.63) is 102 Å². The molecule has 310 valence electrons. The number of imide groups is 1. The van der Waals surface area contributed by atoms with Gasteiger partial charge in [0.25, 0.3) is 11.8 Å². The summed E-state index contributed by atoms with van der Waals surface area (Å²) < 4.78 is 15.9. The number of hydrogen-bond donors (Lipinski definition) is 4. The van der Waals surface area contributed by atoms with Crippen LogP contribution in [0, 0.1) is 5.82 Å². The molecule has 3 fully saturated rings. The van der Waals surface area contributed by atoms with Gasteiger partial charge >= 0.3 is 0 Å². The molecule has 5 aromatic rings. The topological polar surface area (TPSA) is 181 Å². The number of piperazine rings is 1. The number of fused-ring (bicyclic) bond motifs is 2. The van der Waals surface area contributed by atoms with Gasteiger partial charge in [-0.05, 0) is 85.8 Å². The second-order valence-electron chi connectivity index (χ2n) is 15.6. The first kappa shape index (κ1) is 39.0. The van der Waals surface area contributed by atoms with E-state index in [-0.39, 0.29) is 47.6 Å². The van der Waals surface area contributed by atoms with Crippen LogP contribution >= 0.6 is 0 Å². The minimum absolute atomic E-state index is 0.0467. The average molecular weight is 816 g/mol. The Bertz CT molecular complexity index is 2450. The van der Waals surface area contributed by atoms with Gasteiger partial charge in [-0.2, -0.15) is 0 Å². The van der Waals surface area contributed by atoms with Gasteiger partial charge in [-0.25, -0.2) is 18.9 Å². The van der Waals surface area contributed by atoms with E-state index in [4.69, 9.17) is 10.1 Å². The smallest absolute Gasteiger partial charge is 0.262 e. The van der Waals surface area contributed by atoms with Crippen LogP contribution in [0.3, 0.4) is 0 Å². The summed E-state index contributed by atoms with van der Waals surface area (Å²) in [7, 11) is 0. The number of aliphatic hydroxyl groups is 1. The molecule has 4 N–H and O–H groups in total. The van der Waals surface area contributed by atoms with Gasteiger partial charge in [0.15, 0.2) is 5.65 Å². The van der Waals surface area contributed by atoms with E-state index in [1.807, 2.05) is 40.9 Å². The van der Waals surface area contributed by atoms with E-state index < -0.39 is 24.1 Å². The lowest BCUT2D eigenvalue weighted by Crippen LogP contribution is -2.57. The van der Waals surface area contributed by atoms with E-state index in [9.17, 15) is 28.7 Å². The van der Waals surface area contributed by atoms with Gasteiger partial charge in [0.05, 0.1) is 41.6 Å². The Morgan fingerprint density at radius 1 is 0.883 bits per heavy atom. The number of anilines is 3. The van der Waals surface area contributed by atoms with E-state index in [1.54, 1.807) is 36.5 Å². The number of piperidine rings is 1. The molecule has 4 aliphatic rings. The van der Waals surface area contributed by atoms with Gasteiger partial charge in [-0.15, -0.1) is 5.10 Å². The number of halogens is 1. The van der Waals surface area contributed by atoms with Gasteiger partial charge in [0.2, 0.25) is 11.8 Å². The quantitative estimate of drug-likeness (QED) is 0.107. The molecule has 2 aromatic carbocycles. The summed E-state index contributed by atoms with van der Waals surface area (Å²) in [5.41, 5.74) is 4.37. The summed E-state index contributed by atoms with van der Waals surface area (Å²) in [6.45, 7) is 4.95. The Hall–Kier alpha value is -6.46. The number of carbonyl (C=O) groups excluding carboxylic acids is 4. The second-order valence-corrected chi connectivity index (χ2v) is 15.6. The fourth-order valence-electron chi connectivity index (χ4n) is 8.69. The first-order valence-corrected chi connectivity index (χ1v) is 20.5. The van der Waals surface area contributed by atoms with Gasteiger partial charge < -0.3 is 30.9 Å². The predicted molar refractivity (Wildman–Crippen MR) is 221 cm³/mol. The zero-order chi connectivity index (χ0) is 41.3. The Labute approximate surface area is 345 Å². The number of nitrogens with one attached hydrogen (secondary N) is 3. The molecule has 2 unspecified atom stereocenters. The molecule has 9 rings (SSSR count).